The first-order valence-electron chi connectivity index (χ1n) is 5.96. The zero-order valence-corrected chi connectivity index (χ0v) is 12.1. The highest BCUT2D eigenvalue weighted by molar-refractivity contribution is 7.20. The number of aromatic nitrogens is 1. The molecule has 1 atom stereocenters. The molecule has 2 aromatic rings. The Hall–Kier alpha value is -1.20. The maximum atomic E-state index is 11.7. The molecule has 0 saturated carbocycles. The topological polar surface area (TPSA) is 42.0 Å². The van der Waals surface area contributed by atoms with E-state index in [0.29, 0.717) is 6.42 Å². The van der Waals surface area contributed by atoms with Gasteiger partial charge in [0.05, 0.1) is 17.0 Å². The van der Waals surface area contributed by atoms with Gasteiger partial charge in [-0.2, -0.15) is 0 Å². The highest BCUT2D eigenvalue weighted by atomic mass is 32.1. The zero-order valence-electron chi connectivity index (χ0n) is 10.5. The van der Waals surface area contributed by atoms with Gasteiger partial charge in [0.2, 0.25) is 5.91 Å². The summed E-state index contributed by atoms with van der Waals surface area (Å²) in [7, 11) is 0. The molecule has 0 aliphatic carbocycles. The molecule has 0 bridgehead atoms. The summed E-state index contributed by atoms with van der Waals surface area (Å²) >= 11 is 3.26. The van der Waals surface area contributed by atoms with Crippen LogP contribution in [0.25, 0.3) is 9.88 Å². The number of thiophene rings is 1. The summed E-state index contributed by atoms with van der Waals surface area (Å²) < 4.78 is 0. The van der Waals surface area contributed by atoms with Crippen molar-refractivity contribution in [2.24, 2.45) is 0 Å². The van der Waals surface area contributed by atoms with Crippen molar-refractivity contribution in [3.05, 3.63) is 28.6 Å². The first-order chi connectivity index (χ1) is 8.69. The fraction of sp³-hybridized carbons (Fsp3) is 0.385. The van der Waals surface area contributed by atoms with Gasteiger partial charge in [-0.1, -0.05) is 13.0 Å². The molecule has 2 aromatic heterocycles. The monoisotopic (exact) mass is 280 g/mol. The van der Waals surface area contributed by atoms with Gasteiger partial charge in [0.25, 0.3) is 0 Å². The molecule has 3 nitrogen and oxygen atoms in total. The van der Waals surface area contributed by atoms with E-state index in [1.807, 2.05) is 29.8 Å². The third-order valence-electron chi connectivity index (χ3n) is 2.65. The Morgan fingerprint density at radius 1 is 1.50 bits per heavy atom. The molecule has 0 fully saturated rings. The standard InChI is InChI=1S/C13H16N2OS2/c1-3-9(2)14-12(16)7-10-8-18-13(15-10)11-5-4-6-17-11/h4-6,8-9H,3,7H2,1-2H3,(H,14,16). The van der Waals surface area contributed by atoms with Crippen LogP contribution in [-0.4, -0.2) is 16.9 Å². The molecule has 0 aliphatic rings. The third kappa shape index (κ3) is 3.40. The quantitative estimate of drug-likeness (QED) is 0.913. The molecule has 0 radical (unpaired) electrons. The SMILES string of the molecule is CCC(C)NC(=O)Cc1csc(-c2cccs2)n1. The average molecular weight is 280 g/mol. The molecule has 1 N–H and O–H groups in total. The van der Waals surface area contributed by atoms with Gasteiger partial charge in [-0.05, 0) is 24.8 Å². The summed E-state index contributed by atoms with van der Waals surface area (Å²) in [5.74, 6) is 0.0485. The lowest BCUT2D eigenvalue weighted by atomic mass is 10.2. The molecule has 1 unspecified atom stereocenters. The van der Waals surface area contributed by atoms with Crippen molar-refractivity contribution in [1.82, 2.24) is 10.3 Å². The summed E-state index contributed by atoms with van der Waals surface area (Å²) in [6.45, 7) is 4.07. The van der Waals surface area contributed by atoms with E-state index in [0.717, 1.165) is 22.0 Å². The smallest absolute Gasteiger partial charge is 0.226 e. The lowest BCUT2D eigenvalue weighted by Gasteiger charge is -2.10. The lowest BCUT2D eigenvalue weighted by molar-refractivity contribution is -0.121. The van der Waals surface area contributed by atoms with E-state index in [-0.39, 0.29) is 11.9 Å². The van der Waals surface area contributed by atoms with Crippen LogP contribution >= 0.6 is 22.7 Å². The van der Waals surface area contributed by atoms with Crippen molar-refractivity contribution in [3.8, 4) is 9.88 Å². The second-order valence-corrected chi connectivity index (χ2v) is 5.98. The number of hydrogen-bond acceptors (Lipinski definition) is 4. The maximum absolute atomic E-state index is 11.7. The minimum absolute atomic E-state index is 0.0485. The Kier molecular flexibility index (Phi) is 4.49. The average Bonchev–Trinajstić information content (AvgIpc) is 2.98. The van der Waals surface area contributed by atoms with Gasteiger partial charge in [-0.25, -0.2) is 4.98 Å². The van der Waals surface area contributed by atoms with E-state index >= 15 is 0 Å². The molecular weight excluding hydrogens is 264 g/mol. The number of hydrogen-bond donors (Lipinski definition) is 1. The molecule has 5 heteroatoms. The second kappa shape index (κ2) is 6.11. The molecular formula is C13H16N2OS2. The summed E-state index contributed by atoms with van der Waals surface area (Å²) in [4.78, 5) is 17.4. The van der Waals surface area contributed by atoms with E-state index in [1.165, 1.54) is 0 Å². The predicted octanol–water partition coefficient (Wildman–Crippen LogP) is 3.33. The van der Waals surface area contributed by atoms with Crippen LogP contribution in [0, 0.1) is 0 Å². The van der Waals surface area contributed by atoms with Gasteiger partial charge in [0.1, 0.15) is 5.01 Å². The molecule has 1 amide bonds. The van der Waals surface area contributed by atoms with E-state index < -0.39 is 0 Å². The number of amides is 1. The highest BCUT2D eigenvalue weighted by Crippen LogP contribution is 2.27. The van der Waals surface area contributed by atoms with Gasteiger partial charge in [-0.15, -0.1) is 22.7 Å². The normalized spacial score (nSPS) is 12.3. The van der Waals surface area contributed by atoms with Crippen LogP contribution in [0.3, 0.4) is 0 Å². The number of nitrogens with one attached hydrogen (secondary N) is 1. The Bertz CT molecular complexity index is 505. The summed E-state index contributed by atoms with van der Waals surface area (Å²) in [5.41, 5.74) is 0.851. The second-order valence-electron chi connectivity index (χ2n) is 4.17. The highest BCUT2D eigenvalue weighted by Gasteiger charge is 2.10. The molecule has 0 aromatic carbocycles. The minimum atomic E-state index is 0.0485. The fourth-order valence-corrected chi connectivity index (χ4v) is 3.13. The van der Waals surface area contributed by atoms with Gasteiger partial charge in [-0.3, -0.25) is 4.79 Å². The predicted molar refractivity (Wildman–Crippen MR) is 77.0 cm³/mol. The van der Waals surface area contributed by atoms with Crippen molar-refractivity contribution in [2.75, 3.05) is 0 Å². The van der Waals surface area contributed by atoms with Gasteiger partial charge in [0.15, 0.2) is 0 Å². The van der Waals surface area contributed by atoms with Crippen LogP contribution in [0.4, 0.5) is 0 Å². The van der Waals surface area contributed by atoms with Gasteiger partial charge in [0, 0.05) is 11.4 Å². The van der Waals surface area contributed by atoms with Crippen molar-refractivity contribution < 1.29 is 4.79 Å². The number of rotatable bonds is 5. The minimum Gasteiger partial charge on any atom is -0.353 e. The van der Waals surface area contributed by atoms with Crippen LogP contribution < -0.4 is 5.32 Å². The molecule has 96 valence electrons. The van der Waals surface area contributed by atoms with E-state index in [2.05, 4.69) is 17.2 Å². The first kappa shape index (κ1) is 13.2. The molecule has 0 spiro atoms. The molecule has 0 aliphatic heterocycles. The first-order valence-corrected chi connectivity index (χ1v) is 7.72. The Labute approximate surface area is 115 Å². The largest absolute Gasteiger partial charge is 0.353 e. The van der Waals surface area contributed by atoms with Crippen LogP contribution in [0.15, 0.2) is 22.9 Å². The molecule has 18 heavy (non-hydrogen) atoms. The van der Waals surface area contributed by atoms with E-state index in [1.54, 1.807) is 22.7 Å². The van der Waals surface area contributed by atoms with Gasteiger partial charge < -0.3 is 5.32 Å². The molecule has 2 rings (SSSR count). The molecule has 0 saturated heterocycles. The number of carbonyl (C=O) groups excluding carboxylic acids is 1. The van der Waals surface area contributed by atoms with Crippen molar-refractivity contribution >= 4 is 28.6 Å². The van der Waals surface area contributed by atoms with E-state index in [4.69, 9.17) is 0 Å². The third-order valence-corrected chi connectivity index (χ3v) is 4.58. The number of carbonyl (C=O) groups is 1. The maximum Gasteiger partial charge on any atom is 0.226 e. The van der Waals surface area contributed by atoms with Crippen molar-refractivity contribution in [3.63, 3.8) is 0 Å². The zero-order chi connectivity index (χ0) is 13.0. The summed E-state index contributed by atoms with van der Waals surface area (Å²) in [5, 5.41) is 7.94. The lowest BCUT2D eigenvalue weighted by Crippen LogP contribution is -2.33. The Balaban J connectivity index is 1.97. The fourth-order valence-electron chi connectivity index (χ4n) is 1.49. The van der Waals surface area contributed by atoms with Gasteiger partial charge >= 0.3 is 0 Å². The van der Waals surface area contributed by atoms with Crippen LogP contribution in [-0.2, 0) is 11.2 Å². The Morgan fingerprint density at radius 3 is 3.00 bits per heavy atom. The van der Waals surface area contributed by atoms with Crippen LogP contribution in [0.1, 0.15) is 26.0 Å². The van der Waals surface area contributed by atoms with Crippen molar-refractivity contribution in [1.29, 1.82) is 0 Å². The van der Waals surface area contributed by atoms with Crippen molar-refractivity contribution in [2.45, 2.75) is 32.7 Å². The summed E-state index contributed by atoms with van der Waals surface area (Å²) in [6.07, 6.45) is 1.31. The van der Waals surface area contributed by atoms with Crippen LogP contribution in [0.2, 0.25) is 0 Å². The molecule has 2 heterocycles. The number of thiazole rings is 1. The Morgan fingerprint density at radius 2 is 2.33 bits per heavy atom. The van der Waals surface area contributed by atoms with Crippen LogP contribution in [0.5, 0.6) is 0 Å². The summed E-state index contributed by atoms with van der Waals surface area (Å²) in [6, 6.07) is 4.29. The van der Waals surface area contributed by atoms with E-state index in [9.17, 15) is 4.79 Å². The number of nitrogens with zero attached hydrogens (tertiary/aromatic N) is 1.